The van der Waals surface area contributed by atoms with Crippen molar-refractivity contribution in [2.24, 2.45) is 11.7 Å². The molecule has 1 atom stereocenters. The second-order valence-electron chi connectivity index (χ2n) is 5.22. The van der Waals surface area contributed by atoms with Crippen LogP contribution in [0.15, 0.2) is 24.3 Å². The first-order chi connectivity index (χ1) is 9.97. The predicted octanol–water partition coefficient (Wildman–Crippen LogP) is 1.83. The molecule has 0 aliphatic carbocycles. The molecule has 5 nitrogen and oxygen atoms in total. The molecule has 1 aromatic carbocycles. The molecule has 2 amide bonds. The van der Waals surface area contributed by atoms with Gasteiger partial charge in [-0.3, -0.25) is 9.59 Å². The first-order valence-electron chi connectivity index (χ1n) is 6.97. The lowest BCUT2D eigenvalue weighted by molar-refractivity contribution is -0.140. The van der Waals surface area contributed by atoms with E-state index in [2.05, 4.69) is 0 Å². The van der Waals surface area contributed by atoms with Crippen LogP contribution in [0.25, 0.3) is 0 Å². The minimum atomic E-state index is -0.589. The number of ether oxygens (including phenoxy) is 1. The second kappa shape index (κ2) is 6.80. The van der Waals surface area contributed by atoms with Gasteiger partial charge in [-0.25, -0.2) is 0 Å². The van der Waals surface area contributed by atoms with Crippen LogP contribution in [0.2, 0.25) is 5.02 Å². The van der Waals surface area contributed by atoms with Crippen molar-refractivity contribution >= 4 is 23.4 Å². The number of primary amides is 1. The van der Waals surface area contributed by atoms with Crippen LogP contribution in [-0.2, 0) is 9.59 Å². The quantitative estimate of drug-likeness (QED) is 0.922. The number of carbonyl (C=O) groups excluding carboxylic acids is 2. The Hall–Kier alpha value is -1.75. The molecule has 6 heteroatoms. The molecule has 0 spiro atoms. The molecule has 1 saturated heterocycles. The highest BCUT2D eigenvalue weighted by Crippen LogP contribution is 2.21. The van der Waals surface area contributed by atoms with Gasteiger partial charge in [0.1, 0.15) is 5.75 Å². The van der Waals surface area contributed by atoms with Crippen LogP contribution in [-0.4, -0.2) is 35.9 Å². The lowest BCUT2D eigenvalue weighted by Gasteiger charge is -2.32. The summed E-state index contributed by atoms with van der Waals surface area (Å²) in [5, 5.41) is 0.564. The molecule has 114 valence electrons. The van der Waals surface area contributed by atoms with E-state index in [1.165, 1.54) is 0 Å². The topological polar surface area (TPSA) is 72.6 Å². The Labute approximate surface area is 129 Å². The number of carbonyl (C=O) groups is 2. The van der Waals surface area contributed by atoms with Gasteiger partial charge in [-0.15, -0.1) is 0 Å². The molecule has 0 radical (unpaired) electrons. The van der Waals surface area contributed by atoms with E-state index in [1.54, 1.807) is 36.1 Å². The largest absolute Gasteiger partial charge is 0.481 e. The van der Waals surface area contributed by atoms with E-state index in [4.69, 9.17) is 22.1 Å². The van der Waals surface area contributed by atoms with Crippen LogP contribution in [0, 0.1) is 5.92 Å². The lowest BCUT2D eigenvalue weighted by atomic mass is 9.96. The van der Waals surface area contributed by atoms with E-state index in [1.807, 2.05) is 0 Å². The Morgan fingerprint density at radius 1 is 1.38 bits per heavy atom. The van der Waals surface area contributed by atoms with Gasteiger partial charge in [-0.1, -0.05) is 17.7 Å². The molecule has 0 saturated carbocycles. The Morgan fingerprint density at radius 2 is 2.05 bits per heavy atom. The van der Waals surface area contributed by atoms with Crippen LogP contribution >= 0.6 is 11.6 Å². The van der Waals surface area contributed by atoms with E-state index in [9.17, 15) is 9.59 Å². The first-order valence-corrected chi connectivity index (χ1v) is 7.35. The summed E-state index contributed by atoms with van der Waals surface area (Å²) in [7, 11) is 0. The molecule has 2 N–H and O–H groups in total. The van der Waals surface area contributed by atoms with Crippen LogP contribution in [0.4, 0.5) is 0 Å². The molecule has 2 rings (SSSR count). The summed E-state index contributed by atoms with van der Waals surface area (Å²) in [6.45, 7) is 2.79. The monoisotopic (exact) mass is 310 g/mol. The van der Waals surface area contributed by atoms with Crippen LogP contribution < -0.4 is 10.5 Å². The van der Waals surface area contributed by atoms with Gasteiger partial charge in [0.2, 0.25) is 5.91 Å². The highest BCUT2D eigenvalue weighted by Gasteiger charge is 2.29. The summed E-state index contributed by atoms with van der Waals surface area (Å²) in [5.74, 6) is 0.0665. The van der Waals surface area contributed by atoms with Crippen molar-refractivity contribution in [1.82, 2.24) is 4.90 Å². The van der Waals surface area contributed by atoms with E-state index >= 15 is 0 Å². The number of likely N-dealkylation sites (tertiary alicyclic amines) is 1. The maximum atomic E-state index is 12.3. The highest BCUT2D eigenvalue weighted by molar-refractivity contribution is 6.30. The summed E-state index contributed by atoms with van der Waals surface area (Å²) in [5.41, 5.74) is 5.29. The smallest absolute Gasteiger partial charge is 0.263 e. The Balaban J connectivity index is 1.90. The minimum Gasteiger partial charge on any atom is -0.481 e. The number of nitrogens with zero attached hydrogens (tertiary/aromatic N) is 1. The fourth-order valence-corrected chi connectivity index (χ4v) is 2.62. The van der Waals surface area contributed by atoms with Gasteiger partial charge in [0, 0.05) is 24.0 Å². The van der Waals surface area contributed by atoms with Crippen LogP contribution in [0.1, 0.15) is 19.8 Å². The van der Waals surface area contributed by atoms with Gasteiger partial charge < -0.3 is 15.4 Å². The zero-order valence-electron chi connectivity index (χ0n) is 11.9. The SMILES string of the molecule is CC(Oc1cccc(Cl)c1)C(=O)N1CCC(C(N)=O)CC1. The molecule has 0 bridgehead atoms. The molecule has 1 fully saturated rings. The lowest BCUT2D eigenvalue weighted by Crippen LogP contribution is -2.46. The molecule has 0 aromatic heterocycles. The van der Waals surface area contributed by atoms with E-state index in [-0.39, 0.29) is 17.7 Å². The zero-order valence-corrected chi connectivity index (χ0v) is 12.7. The summed E-state index contributed by atoms with van der Waals surface area (Å²) in [4.78, 5) is 25.2. The third kappa shape index (κ3) is 4.11. The van der Waals surface area contributed by atoms with Gasteiger partial charge in [-0.05, 0) is 38.0 Å². The Morgan fingerprint density at radius 3 is 2.62 bits per heavy atom. The summed E-state index contributed by atoms with van der Waals surface area (Å²) < 4.78 is 5.62. The third-order valence-corrected chi connectivity index (χ3v) is 3.90. The maximum Gasteiger partial charge on any atom is 0.263 e. The van der Waals surface area contributed by atoms with Gasteiger partial charge in [0.15, 0.2) is 6.10 Å². The molecule has 1 aliphatic rings. The minimum absolute atomic E-state index is 0.0853. The fourth-order valence-electron chi connectivity index (χ4n) is 2.44. The number of hydrogen-bond acceptors (Lipinski definition) is 3. The number of benzene rings is 1. The molecule has 1 heterocycles. The number of rotatable bonds is 4. The average Bonchev–Trinajstić information content (AvgIpc) is 2.46. The molecule has 1 unspecified atom stereocenters. The van der Waals surface area contributed by atoms with Crippen molar-refractivity contribution in [3.63, 3.8) is 0 Å². The molecular weight excluding hydrogens is 292 g/mol. The highest BCUT2D eigenvalue weighted by atomic mass is 35.5. The van der Waals surface area contributed by atoms with Crippen molar-refractivity contribution < 1.29 is 14.3 Å². The van der Waals surface area contributed by atoms with E-state index in [0.717, 1.165) is 0 Å². The van der Waals surface area contributed by atoms with E-state index in [0.29, 0.717) is 36.7 Å². The van der Waals surface area contributed by atoms with Gasteiger partial charge >= 0.3 is 0 Å². The molecule has 1 aliphatic heterocycles. The molecule has 1 aromatic rings. The van der Waals surface area contributed by atoms with E-state index < -0.39 is 6.10 Å². The first kappa shape index (κ1) is 15.6. The third-order valence-electron chi connectivity index (χ3n) is 3.67. The van der Waals surface area contributed by atoms with Crippen molar-refractivity contribution in [1.29, 1.82) is 0 Å². The number of halogens is 1. The summed E-state index contributed by atoms with van der Waals surface area (Å²) >= 11 is 5.88. The average molecular weight is 311 g/mol. The predicted molar refractivity (Wildman–Crippen MR) is 80.0 cm³/mol. The van der Waals surface area contributed by atoms with Crippen LogP contribution in [0.3, 0.4) is 0 Å². The molecular formula is C15H19ClN2O3. The van der Waals surface area contributed by atoms with Gasteiger partial charge in [-0.2, -0.15) is 0 Å². The van der Waals surface area contributed by atoms with Gasteiger partial charge in [0.05, 0.1) is 0 Å². The standard InChI is InChI=1S/C15H19ClN2O3/c1-10(21-13-4-2-3-12(16)9-13)15(20)18-7-5-11(6-8-18)14(17)19/h2-4,9-11H,5-8H2,1H3,(H2,17,19). The Bertz CT molecular complexity index is 527. The zero-order chi connectivity index (χ0) is 15.4. The fraction of sp³-hybridized carbons (Fsp3) is 0.467. The van der Waals surface area contributed by atoms with Crippen LogP contribution in [0.5, 0.6) is 5.75 Å². The summed E-state index contributed by atoms with van der Waals surface area (Å²) in [6, 6.07) is 6.95. The van der Waals surface area contributed by atoms with Crippen molar-refractivity contribution in [2.75, 3.05) is 13.1 Å². The second-order valence-corrected chi connectivity index (χ2v) is 5.66. The van der Waals surface area contributed by atoms with Crippen molar-refractivity contribution in [3.05, 3.63) is 29.3 Å². The Kier molecular flexibility index (Phi) is 5.07. The van der Waals surface area contributed by atoms with Crippen molar-refractivity contribution in [3.8, 4) is 5.75 Å². The maximum absolute atomic E-state index is 12.3. The van der Waals surface area contributed by atoms with Crippen molar-refractivity contribution in [2.45, 2.75) is 25.9 Å². The number of piperidine rings is 1. The van der Waals surface area contributed by atoms with Gasteiger partial charge in [0.25, 0.3) is 5.91 Å². The molecule has 21 heavy (non-hydrogen) atoms. The normalized spacial score (nSPS) is 17.3. The number of hydrogen-bond donors (Lipinski definition) is 1. The number of nitrogens with two attached hydrogens (primary N) is 1. The number of amides is 2. The summed E-state index contributed by atoms with van der Waals surface area (Å²) in [6.07, 6.45) is 0.643.